The molecule has 1 atom stereocenters. The van der Waals surface area contributed by atoms with E-state index in [2.05, 4.69) is 39.6 Å². The Bertz CT molecular complexity index is 536. The summed E-state index contributed by atoms with van der Waals surface area (Å²) in [5.41, 5.74) is 2.09. The van der Waals surface area contributed by atoms with Gasteiger partial charge >= 0.3 is 0 Å². The van der Waals surface area contributed by atoms with Crippen molar-refractivity contribution in [2.24, 2.45) is 5.92 Å². The minimum atomic E-state index is 0.796. The second-order valence-corrected chi connectivity index (χ2v) is 7.24. The van der Waals surface area contributed by atoms with Crippen LogP contribution in [0, 0.1) is 17.2 Å². The molecular weight excluding hydrogens is 284 g/mol. The molecule has 1 aromatic heterocycles. The van der Waals surface area contributed by atoms with Crippen molar-refractivity contribution in [3.8, 4) is 6.07 Å². The summed E-state index contributed by atoms with van der Waals surface area (Å²) in [5.74, 6) is 0.825. The third-order valence-electron chi connectivity index (χ3n) is 5.38. The molecule has 3 heterocycles. The number of hydrogen-bond acceptors (Lipinski definition) is 3. The van der Waals surface area contributed by atoms with Crippen LogP contribution < -0.4 is 0 Å². The molecule has 2 aliphatic heterocycles. The van der Waals surface area contributed by atoms with Crippen molar-refractivity contribution in [3.05, 3.63) is 23.5 Å². The van der Waals surface area contributed by atoms with Crippen LogP contribution in [-0.4, -0.2) is 47.1 Å². The average molecular weight is 314 g/mol. The highest BCUT2D eigenvalue weighted by molar-refractivity contribution is 5.28. The van der Waals surface area contributed by atoms with Crippen LogP contribution in [0.15, 0.2) is 12.3 Å². The molecule has 0 N–H and O–H groups in total. The highest BCUT2D eigenvalue weighted by Gasteiger charge is 2.23. The molecule has 4 heteroatoms. The van der Waals surface area contributed by atoms with Gasteiger partial charge in [0.15, 0.2) is 0 Å². The highest BCUT2D eigenvalue weighted by atomic mass is 15.2. The van der Waals surface area contributed by atoms with Gasteiger partial charge < -0.3 is 9.47 Å². The molecule has 0 saturated carbocycles. The van der Waals surface area contributed by atoms with Crippen molar-refractivity contribution in [3.63, 3.8) is 0 Å². The summed E-state index contributed by atoms with van der Waals surface area (Å²) in [6.45, 7) is 10.3. The van der Waals surface area contributed by atoms with Crippen LogP contribution in [0.3, 0.4) is 0 Å². The molecule has 2 fully saturated rings. The smallest absolute Gasteiger partial charge is 0.120 e. The van der Waals surface area contributed by atoms with Crippen LogP contribution in [0.5, 0.6) is 0 Å². The van der Waals surface area contributed by atoms with E-state index in [1.165, 1.54) is 70.4 Å². The van der Waals surface area contributed by atoms with Crippen LogP contribution >= 0.6 is 0 Å². The van der Waals surface area contributed by atoms with Crippen molar-refractivity contribution >= 4 is 0 Å². The summed E-state index contributed by atoms with van der Waals surface area (Å²) >= 11 is 0. The summed E-state index contributed by atoms with van der Waals surface area (Å²) in [7, 11) is 0. The van der Waals surface area contributed by atoms with Gasteiger partial charge in [0.05, 0.1) is 0 Å². The van der Waals surface area contributed by atoms with Gasteiger partial charge in [0.2, 0.25) is 0 Å². The molecular formula is C19H30N4. The minimum absolute atomic E-state index is 0.796. The monoisotopic (exact) mass is 314 g/mol. The highest BCUT2D eigenvalue weighted by Crippen LogP contribution is 2.22. The van der Waals surface area contributed by atoms with E-state index in [1.807, 2.05) is 0 Å². The molecule has 0 amide bonds. The number of likely N-dealkylation sites (tertiary alicyclic amines) is 2. The lowest BCUT2D eigenvalue weighted by molar-refractivity contribution is 0.118. The third kappa shape index (κ3) is 4.37. The van der Waals surface area contributed by atoms with Crippen LogP contribution in [0.2, 0.25) is 0 Å². The maximum atomic E-state index is 9.20. The summed E-state index contributed by atoms with van der Waals surface area (Å²) in [6, 6.07) is 4.37. The zero-order valence-electron chi connectivity index (χ0n) is 14.5. The van der Waals surface area contributed by atoms with Crippen molar-refractivity contribution in [1.29, 1.82) is 5.26 Å². The number of rotatable bonds is 5. The first-order valence-electron chi connectivity index (χ1n) is 9.32. The van der Waals surface area contributed by atoms with E-state index in [1.54, 1.807) is 0 Å². The first kappa shape index (κ1) is 16.5. The van der Waals surface area contributed by atoms with Gasteiger partial charge in [0, 0.05) is 32.4 Å². The molecule has 126 valence electrons. The maximum Gasteiger partial charge on any atom is 0.120 e. The van der Waals surface area contributed by atoms with Gasteiger partial charge in [-0.25, -0.2) is 0 Å². The Hall–Kier alpha value is -1.31. The summed E-state index contributed by atoms with van der Waals surface area (Å²) in [4.78, 5) is 5.27. The topological polar surface area (TPSA) is 35.2 Å². The Kier molecular flexibility index (Phi) is 5.75. The second kappa shape index (κ2) is 7.99. The predicted molar refractivity (Wildman–Crippen MR) is 93.1 cm³/mol. The molecule has 1 unspecified atom stereocenters. The van der Waals surface area contributed by atoms with E-state index in [4.69, 9.17) is 0 Å². The molecule has 3 rings (SSSR count). The molecule has 0 radical (unpaired) electrons. The molecule has 23 heavy (non-hydrogen) atoms. The van der Waals surface area contributed by atoms with Crippen LogP contribution in [0.4, 0.5) is 0 Å². The molecule has 0 bridgehead atoms. The van der Waals surface area contributed by atoms with Gasteiger partial charge in [-0.2, -0.15) is 5.26 Å². The molecule has 4 nitrogen and oxygen atoms in total. The van der Waals surface area contributed by atoms with E-state index in [0.717, 1.165) is 24.7 Å². The van der Waals surface area contributed by atoms with Gasteiger partial charge in [-0.1, -0.05) is 6.42 Å². The zero-order valence-corrected chi connectivity index (χ0v) is 14.5. The van der Waals surface area contributed by atoms with Gasteiger partial charge in [0.1, 0.15) is 11.8 Å². The van der Waals surface area contributed by atoms with Gasteiger partial charge in [-0.3, -0.25) is 4.90 Å². The molecule has 2 aliphatic rings. The Morgan fingerprint density at radius 2 is 1.91 bits per heavy atom. The SMILES string of the molecule is CCn1cc(CN2CCCC(CN3CCCCC3)C2)cc1C#N. The normalized spacial score (nSPS) is 23.7. The molecule has 0 spiro atoms. The van der Waals surface area contributed by atoms with Gasteiger partial charge in [0.25, 0.3) is 0 Å². The predicted octanol–water partition coefficient (Wildman–Crippen LogP) is 3.08. The first-order chi connectivity index (χ1) is 11.3. The average Bonchev–Trinajstić information content (AvgIpc) is 2.98. The second-order valence-electron chi connectivity index (χ2n) is 7.24. The Morgan fingerprint density at radius 3 is 2.61 bits per heavy atom. The maximum absolute atomic E-state index is 9.20. The molecule has 0 aromatic carbocycles. The number of nitrogens with zero attached hydrogens (tertiary/aromatic N) is 4. The first-order valence-corrected chi connectivity index (χ1v) is 9.32. The standard InChI is InChI=1S/C19H30N4/c1-2-23-16-18(11-19(23)12-20)15-22-10-6-7-17(14-22)13-21-8-4-3-5-9-21/h11,16-17H,2-10,13-15H2,1H3. The minimum Gasteiger partial charge on any atom is -0.339 e. The van der Waals surface area contributed by atoms with E-state index in [0.29, 0.717) is 0 Å². The molecule has 1 aromatic rings. The van der Waals surface area contributed by atoms with Crippen molar-refractivity contribution in [2.45, 2.75) is 52.1 Å². The lowest BCUT2D eigenvalue weighted by Gasteiger charge is -2.36. The van der Waals surface area contributed by atoms with Gasteiger partial charge in [-0.05, 0) is 69.8 Å². The third-order valence-corrected chi connectivity index (χ3v) is 5.38. The number of hydrogen-bond donors (Lipinski definition) is 0. The van der Waals surface area contributed by atoms with Crippen LogP contribution in [0.1, 0.15) is 50.3 Å². The summed E-state index contributed by atoms with van der Waals surface area (Å²) in [6.07, 6.45) is 9.05. The van der Waals surface area contributed by atoms with Gasteiger partial charge in [-0.15, -0.1) is 0 Å². The van der Waals surface area contributed by atoms with Crippen molar-refractivity contribution < 1.29 is 0 Å². The summed E-state index contributed by atoms with van der Waals surface area (Å²) < 4.78 is 2.06. The quantitative estimate of drug-likeness (QED) is 0.838. The largest absolute Gasteiger partial charge is 0.339 e. The van der Waals surface area contributed by atoms with Crippen molar-refractivity contribution in [1.82, 2.24) is 14.4 Å². The molecule has 2 saturated heterocycles. The number of aromatic nitrogens is 1. The molecule has 0 aliphatic carbocycles. The number of aryl methyl sites for hydroxylation is 1. The van der Waals surface area contributed by atoms with E-state index >= 15 is 0 Å². The van der Waals surface area contributed by atoms with Crippen LogP contribution in [-0.2, 0) is 13.1 Å². The fraction of sp³-hybridized carbons (Fsp3) is 0.737. The fourth-order valence-electron chi connectivity index (χ4n) is 4.22. The lowest BCUT2D eigenvalue weighted by atomic mass is 9.96. The Morgan fingerprint density at radius 1 is 1.13 bits per heavy atom. The van der Waals surface area contributed by atoms with E-state index < -0.39 is 0 Å². The summed E-state index contributed by atoms with van der Waals surface area (Å²) in [5, 5.41) is 9.20. The van der Waals surface area contributed by atoms with Crippen LogP contribution in [0.25, 0.3) is 0 Å². The number of nitriles is 1. The zero-order chi connectivity index (χ0) is 16.1. The number of piperidine rings is 2. The fourth-order valence-corrected chi connectivity index (χ4v) is 4.22. The van der Waals surface area contributed by atoms with E-state index in [-0.39, 0.29) is 0 Å². The Labute approximate surface area is 140 Å². The lowest BCUT2D eigenvalue weighted by Crippen LogP contribution is -2.42. The van der Waals surface area contributed by atoms with Crippen molar-refractivity contribution in [2.75, 3.05) is 32.7 Å². The Balaban J connectivity index is 1.54. The van der Waals surface area contributed by atoms with E-state index in [9.17, 15) is 5.26 Å².